The Balaban J connectivity index is 1.34. The summed E-state index contributed by atoms with van der Waals surface area (Å²) in [5.74, 6) is 0.830. The first-order valence-corrected chi connectivity index (χ1v) is 14.7. The summed E-state index contributed by atoms with van der Waals surface area (Å²) in [5.41, 5.74) is 3.17. The Hall–Kier alpha value is -2.88. The third-order valence-electron chi connectivity index (χ3n) is 7.12. The molecular weight excluding hydrogens is 454 g/mol. The number of rotatable bonds is 19. The smallest absolute Gasteiger partial charge is 0.244 e. The standard InChI is InChI=1S/C33H47N3O/c1-2-3-4-5-6-7-8-9-10-11-12-13-14-20-27-36-31-24-19-18-23-30(31)35-32(36)28-34-33(37)26-25-29-21-16-15-17-22-29/h15-19,21-26H,2-14,20,27-28H2,1H3,(H,34,37)/b26-25-. The number of benzene rings is 2. The number of aryl methyl sites for hydroxylation is 1. The van der Waals surface area contributed by atoms with Crippen LogP contribution >= 0.6 is 0 Å². The second-order valence-corrected chi connectivity index (χ2v) is 10.2. The SMILES string of the molecule is CCCCCCCCCCCCCCCCn1c(CNC(=O)/C=C\c2ccccc2)nc2ccccc21. The van der Waals surface area contributed by atoms with Gasteiger partial charge in [0.2, 0.25) is 5.91 Å². The Kier molecular flexibility index (Phi) is 13.6. The summed E-state index contributed by atoms with van der Waals surface area (Å²) < 4.78 is 2.29. The first kappa shape index (κ1) is 28.7. The summed E-state index contributed by atoms with van der Waals surface area (Å²) in [6.45, 7) is 3.67. The number of unbranched alkanes of at least 4 members (excludes halogenated alkanes) is 13. The Bertz CT molecular complexity index is 1050. The van der Waals surface area contributed by atoms with Crippen molar-refractivity contribution in [2.45, 2.75) is 110 Å². The van der Waals surface area contributed by atoms with Crippen molar-refractivity contribution >= 4 is 23.0 Å². The molecule has 0 unspecified atom stereocenters. The number of nitrogens with zero attached hydrogens (tertiary/aromatic N) is 2. The molecule has 2 aromatic carbocycles. The molecule has 200 valence electrons. The summed E-state index contributed by atoms with van der Waals surface area (Å²) in [6, 6.07) is 18.2. The average Bonchev–Trinajstić information content (AvgIpc) is 3.29. The van der Waals surface area contributed by atoms with Gasteiger partial charge in [-0.2, -0.15) is 0 Å². The number of aromatic nitrogens is 2. The molecule has 0 radical (unpaired) electrons. The topological polar surface area (TPSA) is 46.9 Å². The number of carbonyl (C=O) groups excluding carboxylic acids is 1. The number of hydrogen-bond acceptors (Lipinski definition) is 2. The summed E-state index contributed by atoms with van der Waals surface area (Å²) in [5, 5.41) is 3.01. The molecule has 0 atom stereocenters. The van der Waals surface area contributed by atoms with Crippen LogP contribution < -0.4 is 5.32 Å². The number of amides is 1. The van der Waals surface area contributed by atoms with Crippen molar-refractivity contribution in [3.8, 4) is 0 Å². The summed E-state index contributed by atoms with van der Waals surface area (Å²) >= 11 is 0. The number of imidazole rings is 1. The van der Waals surface area contributed by atoms with E-state index in [9.17, 15) is 4.79 Å². The molecule has 0 aliphatic heterocycles. The van der Waals surface area contributed by atoms with Crippen molar-refractivity contribution in [1.82, 2.24) is 14.9 Å². The third-order valence-corrected chi connectivity index (χ3v) is 7.12. The Morgan fingerprint density at radius 2 is 1.32 bits per heavy atom. The highest BCUT2D eigenvalue weighted by Crippen LogP contribution is 2.18. The number of carbonyl (C=O) groups is 1. The zero-order chi connectivity index (χ0) is 26.0. The van der Waals surface area contributed by atoms with E-state index in [4.69, 9.17) is 4.98 Å². The van der Waals surface area contributed by atoms with Crippen LogP contribution in [0.2, 0.25) is 0 Å². The first-order chi connectivity index (χ1) is 18.3. The minimum absolute atomic E-state index is 0.0982. The van der Waals surface area contributed by atoms with Crippen LogP contribution in [0, 0.1) is 0 Å². The zero-order valence-electron chi connectivity index (χ0n) is 23.0. The lowest BCUT2D eigenvalue weighted by Gasteiger charge is -2.10. The molecule has 0 saturated heterocycles. The van der Waals surface area contributed by atoms with Crippen LogP contribution in [0.4, 0.5) is 0 Å². The predicted octanol–water partition coefficient (Wildman–Crippen LogP) is 8.85. The van der Waals surface area contributed by atoms with Crippen LogP contribution in [-0.4, -0.2) is 15.5 Å². The fourth-order valence-corrected chi connectivity index (χ4v) is 4.94. The maximum absolute atomic E-state index is 12.4. The van der Waals surface area contributed by atoms with Crippen LogP contribution in [0.15, 0.2) is 60.7 Å². The number of nitrogens with one attached hydrogen (secondary N) is 1. The average molecular weight is 502 g/mol. The van der Waals surface area contributed by atoms with Gasteiger partial charge in [0.15, 0.2) is 0 Å². The molecule has 3 aromatic rings. The van der Waals surface area contributed by atoms with E-state index in [1.165, 1.54) is 83.5 Å². The summed E-state index contributed by atoms with van der Waals surface area (Å²) in [4.78, 5) is 17.2. The molecule has 4 heteroatoms. The molecule has 0 aliphatic rings. The molecule has 1 heterocycles. The fraction of sp³-hybridized carbons (Fsp3) is 0.515. The van der Waals surface area contributed by atoms with Gasteiger partial charge in [0.1, 0.15) is 5.82 Å². The zero-order valence-corrected chi connectivity index (χ0v) is 23.0. The van der Waals surface area contributed by atoms with E-state index in [0.717, 1.165) is 35.4 Å². The van der Waals surface area contributed by atoms with Gasteiger partial charge in [0.05, 0.1) is 17.6 Å². The van der Waals surface area contributed by atoms with Crippen LogP contribution in [-0.2, 0) is 17.9 Å². The molecule has 1 N–H and O–H groups in total. The summed E-state index contributed by atoms with van der Waals surface area (Å²) in [7, 11) is 0. The minimum Gasteiger partial charge on any atom is -0.345 e. The van der Waals surface area contributed by atoms with Crippen molar-refractivity contribution in [3.05, 3.63) is 72.1 Å². The van der Waals surface area contributed by atoms with Gasteiger partial charge >= 0.3 is 0 Å². The largest absolute Gasteiger partial charge is 0.345 e. The molecule has 0 bridgehead atoms. The molecule has 4 nitrogen and oxygen atoms in total. The third kappa shape index (κ3) is 11.0. The second kappa shape index (κ2) is 17.6. The van der Waals surface area contributed by atoms with Crippen molar-refractivity contribution in [3.63, 3.8) is 0 Å². The van der Waals surface area contributed by atoms with E-state index in [-0.39, 0.29) is 5.91 Å². The highest BCUT2D eigenvalue weighted by Gasteiger charge is 2.10. The quantitative estimate of drug-likeness (QED) is 0.132. The van der Waals surface area contributed by atoms with E-state index in [0.29, 0.717) is 6.54 Å². The summed E-state index contributed by atoms with van der Waals surface area (Å²) in [6.07, 6.45) is 22.5. The second-order valence-electron chi connectivity index (χ2n) is 10.2. The lowest BCUT2D eigenvalue weighted by atomic mass is 10.0. The maximum Gasteiger partial charge on any atom is 0.244 e. The highest BCUT2D eigenvalue weighted by atomic mass is 16.1. The Morgan fingerprint density at radius 3 is 1.97 bits per heavy atom. The highest BCUT2D eigenvalue weighted by molar-refractivity contribution is 5.91. The van der Waals surface area contributed by atoms with Gasteiger partial charge < -0.3 is 9.88 Å². The van der Waals surface area contributed by atoms with E-state index in [1.54, 1.807) is 6.08 Å². The van der Waals surface area contributed by atoms with Gasteiger partial charge in [-0.15, -0.1) is 0 Å². The monoisotopic (exact) mass is 501 g/mol. The van der Waals surface area contributed by atoms with Gasteiger partial charge in [-0.3, -0.25) is 4.79 Å². The van der Waals surface area contributed by atoms with E-state index in [2.05, 4.69) is 35.0 Å². The molecule has 0 aliphatic carbocycles. The predicted molar refractivity (Wildman–Crippen MR) is 157 cm³/mol. The first-order valence-electron chi connectivity index (χ1n) is 14.7. The maximum atomic E-state index is 12.4. The molecule has 1 aromatic heterocycles. The molecule has 0 spiro atoms. The van der Waals surface area contributed by atoms with Crippen molar-refractivity contribution in [2.24, 2.45) is 0 Å². The molecular formula is C33H47N3O. The molecule has 1 amide bonds. The van der Waals surface area contributed by atoms with Crippen LogP contribution in [0.25, 0.3) is 17.1 Å². The molecule has 37 heavy (non-hydrogen) atoms. The molecule has 0 fully saturated rings. The Labute approximate surface area is 224 Å². The van der Waals surface area contributed by atoms with E-state index < -0.39 is 0 Å². The van der Waals surface area contributed by atoms with E-state index in [1.807, 2.05) is 42.5 Å². The fourth-order valence-electron chi connectivity index (χ4n) is 4.94. The Morgan fingerprint density at radius 1 is 0.757 bits per heavy atom. The van der Waals surface area contributed by atoms with Crippen molar-refractivity contribution in [2.75, 3.05) is 0 Å². The normalized spacial score (nSPS) is 11.5. The van der Waals surface area contributed by atoms with Crippen molar-refractivity contribution in [1.29, 1.82) is 0 Å². The van der Waals surface area contributed by atoms with Gasteiger partial charge in [-0.05, 0) is 30.2 Å². The van der Waals surface area contributed by atoms with Crippen LogP contribution in [0.1, 0.15) is 108 Å². The minimum atomic E-state index is -0.0982. The van der Waals surface area contributed by atoms with Gasteiger partial charge in [-0.1, -0.05) is 133 Å². The van der Waals surface area contributed by atoms with Crippen LogP contribution in [0.3, 0.4) is 0 Å². The molecule has 3 rings (SSSR count). The lowest BCUT2D eigenvalue weighted by molar-refractivity contribution is -0.116. The lowest BCUT2D eigenvalue weighted by Crippen LogP contribution is -2.22. The van der Waals surface area contributed by atoms with E-state index >= 15 is 0 Å². The van der Waals surface area contributed by atoms with Gasteiger partial charge in [0, 0.05) is 12.6 Å². The van der Waals surface area contributed by atoms with Gasteiger partial charge in [0.25, 0.3) is 0 Å². The number of para-hydroxylation sites is 2. The number of hydrogen-bond donors (Lipinski definition) is 1. The van der Waals surface area contributed by atoms with Crippen molar-refractivity contribution < 1.29 is 4.79 Å². The van der Waals surface area contributed by atoms with Gasteiger partial charge in [-0.25, -0.2) is 4.98 Å². The molecule has 0 saturated carbocycles. The van der Waals surface area contributed by atoms with Crippen LogP contribution in [0.5, 0.6) is 0 Å². The number of fused-ring (bicyclic) bond motifs is 1.